The number of aromatic amines is 1. The molecule has 8 nitrogen and oxygen atoms in total. The molecule has 0 aliphatic heterocycles. The number of fused-ring (bicyclic) bond motifs is 1. The van der Waals surface area contributed by atoms with E-state index in [0.717, 1.165) is 56.7 Å². The molecule has 0 radical (unpaired) electrons. The van der Waals surface area contributed by atoms with E-state index in [1.54, 1.807) is 23.2 Å². The number of allylic oxidation sites excluding steroid dienone is 1. The van der Waals surface area contributed by atoms with Gasteiger partial charge >= 0.3 is 0 Å². The summed E-state index contributed by atoms with van der Waals surface area (Å²) in [5.74, 6) is 0.850. The lowest BCUT2D eigenvalue weighted by atomic mass is 10.1. The Hall–Kier alpha value is -4.43. The number of pyridine rings is 3. The van der Waals surface area contributed by atoms with Gasteiger partial charge in [0.05, 0.1) is 17.9 Å². The molecule has 36 heavy (non-hydrogen) atoms. The first-order chi connectivity index (χ1) is 17.6. The zero-order valence-electron chi connectivity index (χ0n) is 20.4. The number of H-pyrrole nitrogens is 1. The van der Waals surface area contributed by atoms with Crippen LogP contribution in [-0.4, -0.2) is 40.6 Å². The average molecular weight is 477 g/mol. The van der Waals surface area contributed by atoms with Crippen LogP contribution in [0.1, 0.15) is 24.9 Å². The summed E-state index contributed by atoms with van der Waals surface area (Å²) in [6, 6.07) is 12.2. The standard InChI is InChI=1S/C28H28N8/c1-19-15-29-14-13-22(19)9-5-4-7-20(2)30-16-25-34-27(23-11-12-26-31-18-32-36(26)17-23)28(35-25)24-10-6-8-21(3)33-24/h4-6,8-15,17-18,20,30H,1,7,16H2,2-3H3,(H,34,35)/b5-4-,22-9-. The maximum Gasteiger partial charge on any atom is 0.155 e. The number of aromatic nitrogens is 7. The highest BCUT2D eigenvalue weighted by atomic mass is 15.3. The van der Waals surface area contributed by atoms with E-state index in [0.29, 0.717) is 6.54 Å². The van der Waals surface area contributed by atoms with Gasteiger partial charge in [-0.1, -0.05) is 30.9 Å². The number of hydrogen-bond acceptors (Lipinski definition) is 6. The molecule has 0 aliphatic carbocycles. The van der Waals surface area contributed by atoms with Crippen LogP contribution in [-0.2, 0) is 6.54 Å². The number of nitrogens with one attached hydrogen (secondary N) is 2. The lowest BCUT2D eigenvalue weighted by Gasteiger charge is -2.09. The summed E-state index contributed by atoms with van der Waals surface area (Å²) in [5.41, 5.74) is 5.27. The summed E-state index contributed by atoms with van der Waals surface area (Å²) in [6.45, 7) is 8.76. The summed E-state index contributed by atoms with van der Waals surface area (Å²) in [7, 11) is 0. The van der Waals surface area contributed by atoms with Crippen LogP contribution in [0.25, 0.3) is 40.9 Å². The van der Waals surface area contributed by atoms with Crippen LogP contribution in [0.15, 0.2) is 73.5 Å². The van der Waals surface area contributed by atoms with Gasteiger partial charge in [0.2, 0.25) is 0 Å². The van der Waals surface area contributed by atoms with Crippen molar-refractivity contribution in [3.8, 4) is 22.6 Å². The van der Waals surface area contributed by atoms with Gasteiger partial charge < -0.3 is 10.3 Å². The molecule has 180 valence electrons. The molecule has 5 aromatic rings. The number of rotatable bonds is 8. The molecular weight excluding hydrogens is 448 g/mol. The molecular formula is C28H28N8. The smallest absolute Gasteiger partial charge is 0.155 e. The van der Waals surface area contributed by atoms with E-state index >= 15 is 0 Å². The second-order valence-electron chi connectivity index (χ2n) is 8.74. The molecule has 5 heterocycles. The second kappa shape index (κ2) is 10.5. The molecule has 1 atom stereocenters. The van der Waals surface area contributed by atoms with Crippen molar-refractivity contribution in [1.29, 1.82) is 0 Å². The van der Waals surface area contributed by atoms with E-state index in [-0.39, 0.29) is 6.04 Å². The van der Waals surface area contributed by atoms with Crippen molar-refractivity contribution in [2.45, 2.75) is 32.9 Å². The van der Waals surface area contributed by atoms with Gasteiger partial charge in [-0.3, -0.25) is 9.97 Å². The first-order valence-corrected chi connectivity index (χ1v) is 11.9. The summed E-state index contributed by atoms with van der Waals surface area (Å²) in [4.78, 5) is 21.5. The molecule has 0 saturated carbocycles. The van der Waals surface area contributed by atoms with E-state index in [2.05, 4.69) is 57.1 Å². The van der Waals surface area contributed by atoms with Crippen LogP contribution < -0.4 is 15.8 Å². The van der Waals surface area contributed by atoms with Gasteiger partial charge in [0.15, 0.2) is 5.65 Å². The molecule has 0 spiro atoms. The third-order valence-corrected chi connectivity index (χ3v) is 5.91. The minimum atomic E-state index is 0.270. The van der Waals surface area contributed by atoms with Crippen molar-refractivity contribution in [3.63, 3.8) is 0 Å². The molecule has 0 aromatic carbocycles. The summed E-state index contributed by atoms with van der Waals surface area (Å²) < 4.78 is 1.76. The minimum Gasteiger partial charge on any atom is -0.340 e. The lowest BCUT2D eigenvalue weighted by molar-refractivity contribution is 0.543. The van der Waals surface area contributed by atoms with E-state index in [4.69, 9.17) is 9.97 Å². The van der Waals surface area contributed by atoms with Crippen LogP contribution in [0.3, 0.4) is 0 Å². The van der Waals surface area contributed by atoms with Crippen LogP contribution in [0.2, 0.25) is 0 Å². The Morgan fingerprint density at radius 2 is 2.08 bits per heavy atom. The van der Waals surface area contributed by atoms with Crippen LogP contribution >= 0.6 is 0 Å². The maximum atomic E-state index is 4.92. The molecule has 2 N–H and O–H groups in total. The third kappa shape index (κ3) is 5.29. The quantitative estimate of drug-likeness (QED) is 0.357. The van der Waals surface area contributed by atoms with E-state index in [1.807, 2.05) is 49.5 Å². The molecule has 5 aromatic heterocycles. The van der Waals surface area contributed by atoms with Crippen LogP contribution in [0.4, 0.5) is 0 Å². The fourth-order valence-corrected chi connectivity index (χ4v) is 3.95. The highest BCUT2D eigenvalue weighted by Crippen LogP contribution is 2.29. The van der Waals surface area contributed by atoms with Crippen molar-refractivity contribution in [2.75, 3.05) is 0 Å². The fourth-order valence-electron chi connectivity index (χ4n) is 3.95. The van der Waals surface area contributed by atoms with Crippen molar-refractivity contribution < 1.29 is 0 Å². The van der Waals surface area contributed by atoms with Crippen LogP contribution in [0.5, 0.6) is 0 Å². The third-order valence-electron chi connectivity index (χ3n) is 5.91. The molecule has 1 unspecified atom stereocenters. The molecule has 0 aliphatic rings. The number of aryl methyl sites for hydroxylation is 1. The fraction of sp³-hybridized carbons (Fsp3) is 0.179. The Kier molecular flexibility index (Phi) is 6.77. The normalized spacial score (nSPS) is 13.1. The molecule has 5 rings (SSSR count). The minimum absolute atomic E-state index is 0.270. The summed E-state index contributed by atoms with van der Waals surface area (Å²) in [5, 5.41) is 9.83. The second-order valence-corrected chi connectivity index (χ2v) is 8.74. The molecule has 0 amide bonds. The highest BCUT2D eigenvalue weighted by molar-refractivity contribution is 5.77. The van der Waals surface area contributed by atoms with Crippen molar-refractivity contribution in [1.82, 2.24) is 39.9 Å². The maximum absolute atomic E-state index is 4.92. The predicted molar refractivity (Wildman–Crippen MR) is 142 cm³/mol. The first-order valence-electron chi connectivity index (χ1n) is 11.9. The Morgan fingerprint density at radius 1 is 1.17 bits per heavy atom. The van der Waals surface area contributed by atoms with Crippen molar-refractivity contribution >= 4 is 18.3 Å². The SMILES string of the molecule is C=c1cncc/c1=C/C=C\CC(C)NCc1nc(-c2cccc(C)n2)c(-c2ccc3ncnn3c2)[nH]1. The van der Waals surface area contributed by atoms with Gasteiger partial charge in [-0.15, -0.1) is 0 Å². The van der Waals surface area contributed by atoms with Gasteiger partial charge in [-0.2, -0.15) is 5.10 Å². The molecule has 0 saturated heterocycles. The molecule has 0 fully saturated rings. The number of hydrogen-bond donors (Lipinski definition) is 2. The largest absolute Gasteiger partial charge is 0.340 e. The van der Waals surface area contributed by atoms with E-state index < -0.39 is 0 Å². The van der Waals surface area contributed by atoms with Gasteiger partial charge in [0.25, 0.3) is 0 Å². The van der Waals surface area contributed by atoms with Gasteiger partial charge in [0.1, 0.15) is 17.8 Å². The molecule has 0 bridgehead atoms. The lowest BCUT2D eigenvalue weighted by Crippen LogP contribution is -2.25. The van der Waals surface area contributed by atoms with E-state index in [1.165, 1.54) is 0 Å². The zero-order chi connectivity index (χ0) is 24.9. The summed E-state index contributed by atoms with van der Waals surface area (Å²) in [6.07, 6.45) is 14.2. The Labute approximate surface area is 209 Å². The number of nitrogens with zero attached hydrogens (tertiary/aromatic N) is 6. The Balaban J connectivity index is 1.34. The zero-order valence-corrected chi connectivity index (χ0v) is 20.4. The number of imidazole rings is 1. The topological polar surface area (TPSA) is 96.7 Å². The average Bonchev–Trinajstić information content (AvgIpc) is 3.53. The van der Waals surface area contributed by atoms with Gasteiger partial charge in [0, 0.05) is 35.9 Å². The summed E-state index contributed by atoms with van der Waals surface area (Å²) >= 11 is 0. The monoisotopic (exact) mass is 476 g/mol. The Morgan fingerprint density at radius 3 is 2.94 bits per heavy atom. The Bertz CT molecular complexity index is 1630. The van der Waals surface area contributed by atoms with Crippen molar-refractivity contribution in [3.05, 3.63) is 95.4 Å². The highest BCUT2D eigenvalue weighted by Gasteiger charge is 2.16. The predicted octanol–water partition coefficient (Wildman–Crippen LogP) is 3.20. The van der Waals surface area contributed by atoms with E-state index in [9.17, 15) is 0 Å². The van der Waals surface area contributed by atoms with Gasteiger partial charge in [-0.25, -0.2) is 14.5 Å². The van der Waals surface area contributed by atoms with Gasteiger partial charge in [-0.05, 0) is 61.0 Å². The van der Waals surface area contributed by atoms with Crippen molar-refractivity contribution in [2.24, 2.45) is 0 Å². The molecule has 8 heteroatoms. The van der Waals surface area contributed by atoms with Crippen LogP contribution in [0, 0.1) is 6.92 Å². The first kappa shape index (κ1) is 23.3.